The normalized spacial score (nSPS) is 23.7. The lowest BCUT2D eigenvalue weighted by molar-refractivity contribution is 0.0319. The lowest BCUT2D eigenvalue weighted by Gasteiger charge is -2.41. The van der Waals surface area contributed by atoms with E-state index in [0.29, 0.717) is 25.3 Å². The first kappa shape index (κ1) is 23.8. The Labute approximate surface area is 207 Å². The third kappa shape index (κ3) is 5.49. The number of hydrogen-bond donors (Lipinski definition) is 1. The van der Waals surface area contributed by atoms with Crippen molar-refractivity contribution in [1.29, 1.82) is 0 Å². The van der Waals surface area contributed by atoms with Crippen LogP contribution < -0.4 is 4.74 Å². The van der Waals surface area contributed by atoms with Crippen LogP contribution in [-0.2, 0) is 6.54 Å². The van der Waals surface area contributed by atoms with Crippen molar-refractivity contribution >= 4 is 16.8 Å². The lowest BCUT2D eigenvalue weighted by atomic mass is 9.75. The van der Waals surface area contributed by atoms with Crippen LogP contribution in [0.4, 0.5) is 0 Å². The summed E-state index contributed by atoms with van der Waals surface area (Å²) < 4.78 is 6.23. The molecule has 3 aliphatic rings. The van der Waals surface area contributed by atoms with Gasteiger partial charge in [0.25, 0.3) is 5.91 Å². The van der Waals surface area contributed by atoms with E-state index in [4.69, 9.17) is 4.74 Å². The molecule has 0 atom stereocenters. The van der Waals surface area contributed by atoms with Gasteiger partial charge in [-0.25, -0.2) is 0 Å². The highest BCUT2D eigenvalue weighted by Crippen LogP contribution is 2.37. The van der Waals surface area contributed by atoms with E-state index in [0.717, 1.165) is 68.4 Å². The molecule has 0 aliphatic carbocycles. The van der Waals surface area contributed by atoms with Gasteiger partial charge in [0.05, 0.1) is 12.1 Å². The minimum Gasteiger partial charge on any atom is -0.491 e. The van der Waals surface area contributed by atoms with Gasteiger partial charge in [0.1, 0.15) is 12.4 Å². The molecule has 1 fully saturated rings. The topological polar surface area (TPSA) is 65.9 Å². The zero-order chi connectivity index (χ0) is 24.1. The van der Waals surface area contributed by atoms with E-state index in [9.17, 15) is 9.90 Å². The molecule has 4 heterocycles. The quantitative estimate of drug-likeness (QED) is 0.593. The average Bonchev–Trinajstić information content (AvgIpc) is 2.92. The van der Waals surface area contributed by atoms with E-state index in [-0.39, 0.29) is 17.9 Å². The minimum atomic E-state index is 0.00683. The van der Waals surface area contributed by atoms with Crippen LogP contribution in [0.5, 0.6) is 5.75 Å². The Morgan fingerprint density at radius 1 is 0.971 bits per heavy atom. The minimum absolute atomic E-state index is 0.00683. The molecule has 1 saturated heterocycles. The zero-order valence-electron chi connectivity index (χ0n) is 20.4. The summed E-state index contributed by atoms with van der Waals surface area (Å²) in [6.45, 7) is 4.76. The van der Waals surface area contributed by atoms with Crippen molar-refractivity contribution in [1.82, 2.24) is 14.8 Å². The van der Waals surface area contributed by atoms with E-state index >= 15 is 0 Å². The van der Waals surface area contributed by atoms with Gasteiger partial charge in [-0.3, -0.25) is 14.7 Å². The number of aliphatic hydroxyl groups is 1. The van der Waals surface area contributed by atoms with Crippen LogP contribution in [0, 0.1) is 5.41 Å². The SMILES string of the molecule is O=C(c1ccc2ncccc2c1)N1CCCCC2(CO)CCN(CC2)Cc2ccccc2OCC1. The Morgan fingerprint density at radius 2 is 1.83 bits per heavy atom. The van der Waals surface area contributed by atoms with Crippen molar-refractivity contribution in [3.8, 4) is 5.75 Å². The second-order valence-corrected chi connectivity index (χ2v) is 10.1. The summed E-state index contributed by atoms with van der Waals surface area (Å²) >= 11 is 0. The highest BCUT2D eigenvalue weighted by atomic mass is 16.5. The number of piperidine rings is 1. The molecule has 2 bridgehead atoms. The van der Waals surface area contributed by atoms with Gasteiger partial charge in [0, 0.05) is 42.4 Å². The van der Waals surface area contributed by atoms with Gasteiger partial charge in [-0.15, -0.1) is 0 Å². The number of rotatable bonds is 2. The number of aromatic nitrogens is 1. The summed E-state index contributed by atoms with van der Waals surface area (Å²) in [6.07, 6.45) is 6.73. The van der Waals surface area contributed by atoms with Crippen LogP contribution in [0.3, 0.4) is 0 Å². The summed E-state index contributed by atoms with van der Waals surface area (Å²) in [5.74, 6) is 0.923. The highest BCUT2D eigenvalue weighted by molar-refractivity contribution is 5.97. The molecule has 3 aliphatic heterocycles. The first-order valence-corrected chi connectivity index (χ1v) is 12.8. The number of nitrogens with zero attached hydrogens (tertiary/aromatic N) is 3. The Morgan fingerprint density at radius 3 is 2.69 bits per heavy atom. The number of para-hydroxylation sites is 1. The predicted molar refractivity (Wildman–Crippen MR) is 137 cm³/mol. The van der Waals surface area contributed by atoms with Gasteiger partial charge in [-0.1, -0.05) is 30.7 Å². The molecule has 184 valence electrons. The number of hydrogen-bond acceptors (Lipinski definition) is 5. The molecule has 35 heavy (non-hydrogen) atoms. The number of ether oxygens (including phenoxy) is 1. The van der Waals surface area contributed by atoms with Crippen LogP contribution >= 0.6 is 0 Å². The Bertz CT molecular complexity index is 1160. The summed E-state index contributed by atoms with van der Waals surface area (Å²) in [6, 6.07) is 17.8. The lowest BCUT2D eigenvalue weighted by Crippen LogP contribution is -2.41. The van der Waals surface area contributed by atoms with Crippen LogP contribution in [0.2, 0.25) is 0 Å². The fourth-order valence-electron chi connectivity index (χ4n) is 5.46. The third-order valence-corrected chi connectivity index (χ3v) is 7.76. The molecule has 1 N–H and O–H groups in total. The summed E-state index contributed by atoms with van der Waals surface area (Å²) in [4.78, 5) is 22.3. The molecule has 6 nitrogen and oxygen atoms in total. The standard InChI is InChI=1S/C29H35N3O3/c33-22-29-11-3-4-15-32(28(34)24-9-10-26-23(20-24)7-5-14-30-26)18-19-35-27-8-2-1-6-25(27)21-31(16-12-29)17-13-29/h1-2,5-10,14,20,33H,3-4,11-13,15-19,21-22H2. The third-order valence-electron chi connectivity index (χ3n) is 7.76. The number of carbonyl (C=O) groups is 1. The summed E-state index contributed by atoms with van der Waals surface area (Å²) in [5, 5.41) is 11.2. The fourth-order valence-corrected chi connectivity index (χ4v) is 5.46. The Kier molecular flexibility index (Phi) is 7.30. The van der Waals surface area contributed by atoms with E-state index in [1.807, 2.05) is 47.4 Å². The van der Waals surface area contributed by atoms with Gasteiger partial charge in [-0.2, -0.15) is 0 Å². The molecule has 6 rings (SSSR count). The molecule has 0 spiro atoms. The number of pyridine rings is 1. The molecule has 3 aromatic rings. The largest absolute Gasteiger partial charge is 0.491 e. The number of benzene rings is 2. The zero-order valence-corrected chi connectivity index (χ0v) is 20.4. The maximum atomic E-state index is 13.5. The second kappa shape index (κ2) is 10.8. The van der Waals surface area contributed by atoms with Crippen molar-refractivity contribution in [3.63, 3.8) is 0 Å². The number of fused-ring (bicyclic) bond motifs is 10. The van der Waals surface area contributed by atoms with Crippen molar-refractivity contribution < 1.29 is 14.6 Å². The van der Waals surface area contributed by atoms with Crippen LogP contribution in [0.25, 0.3) is 10.9 Å². The second-order valence-electron chi connectivity index (χ2n) is 10.1. The number of carbonyl (C=O) groups excluding carboxylic acids is 1. The highest BCUT2D eigenvalue weighted by Gasteiger charge is 2.34. The fraction of sp³-hybridized carbons (Fsp3) is 0.448. The molecule has 2 aromatic carbocycles. The van der Waals surface area contributed by atoms with E-state index < -0.39 is 0 Å². The monoisotopic (exact) mass is 473 g/mol. The van der Waals surface area contributed by atoms with Crippen molar-refractivity contribution in [2.75, 3.05) is 39.4 Å². The number of amides is 1. The predicted octanol–water partition coefficient (Wildman–Crippen LogP) is 4.51. The molecule has 6 heteroatoms. The summed E-state index contributed by atoms with van der Waals surface area (Å²) in [5.41, 5.74) is 2.76. The average molecular weight is 474 g/mol. The van der Waals surface area contributed by atoms with Gasteiger partial charge in [0.15, 0.2) is 0 Å². The Balaban J connectivity index is 1.37. The molecule has 0 radical (unpaired) electrons. The van der Waals surface area contributed by atoms with Crippen LogP contribution in [0.15, 0.2) is 60.8 Å². The first-order chi connectivity index (χ1) is 17.2. The maximum Gasteiger partial charge on any atom is 0.253 e. The number of aliphatic hydroxyl groups excluding tert-OH is 1. The van der Waals surface area contributed by atoms with Crippen molar-refractivity contribution in [2.24, 2.45) is 5.41 Å². The molecular weight excluding hydrogens is 438 g/mol. The summed E-state index contributed by atoms with van der Waals surface area (Å²) in [7, 11) is 0. The molecule has 1 aromatic heterocycles. The van der Waals surface area contributed by atoms with Crippen LogP contribution in [-0.4, -0.2) is 65.2 Å². The maximum absolute atomic E-state index is 13.5. The Hall–Kier alpha value is -2.96. The first-order valence-electron chi connectivity index (χ1n) is 12.8. The molecule has 0 saturated carbocycles. The van der Waals surface area contributed by atoms with Gasteiger partial charge < -0.3 is 14.7 Å². The van der Waals surface area contributed by atoms with E-state index in [1.54, 1.807) is 6.20 Å². The smallest absolute Gasteiger partial charge is 0.253 e. The van der Waals surface area contributed by atoms with Gasteiger partial charge in [0.2, 0.25) is 0 Å². The van der Waals surface area contributed by atoms with Crippen molar-refractivity contribution in [3.05, 3.63) is 71.9 Å². The van der Waals surface area contributed by atoms with E-state index in [2.05, 4.69) is 22.0 Å². The molecule has 0 unspecified atom stereocenters. The van der Waals surface area contributed by atoms with Crippen LogP contribution in [0.1, 0.15) is 48.0 Å². The molecular formula is C29H35N3O3. The van der Waals surface area contributed by atoms with Gasteiger partial charge in [-0.05, 0) is 74.5 Å². The van der Waals surface area contributed by atoms with Gasteiger partial charge >= 0.3 is 0 Å². The molecule has 1 amide bonds. The van der Waals surface area contributed by atoms with E-state index in [1.165, 1.54) is 5.56 Å². The van der Waals surface area contributed by atoms with Crippen molar-refractivity contribution in [2.45, 2.75) is 38.6 Å².